The smallest absolute Gasteiger partial charge is 0.115 e. The number of aliphatic hydroxyl groups is 1. The molecule has 96 valence electrons. The van der Waals surface area contributed by atoms with Gasteiger partial charge in [0.15, 0.2) is 0 Å². The van der Waals surface area contributed by atoms with E-state index >= 15 is 0 Å². The molecule has 1 heterocycles. The van der Waals surface area contributed by atoms with E-state index in [4.69, 9.17) is 5.11 Å². The van der Waals surface area contributed by atoms with Gasteiger partial charge in [-0.05, 0) is 24.1 Å². The van der Waals surface area contributed by atoms with E-state index in [2.05, 4.69) is 16.5 Å². The second kappa shape index (κ2) is 5.69. The average Bonchev–Trinajstić information content (AvgIpc) is 2.82. The predicted molar refractivity (Wildman–Crippen MR) is 69.6 cm³/mol. The highest BCUT2D eigenvalue weighted by molar-refractivity contribution is 5.28. The molecule has 0 saturated heterocycles. The maximum Gasteiger partial charge on any atom is 0.115 e. The number of nitrogens with zero attached hydrogens (tertiary/aromatic N) is 2. The number of aromatic hydroxyl groups is 1. The summed E-state index contributed by atoms with van der Waals surface area (Å²) in [5, 5.41) is 18.4. The zero-order chi connectivity index (χ0) is 13.0. The minimum absolute atomic E-state index is 0.100. The van der Waals surface area contributed by atoms with Crippen LogP contribution in [0.2, 0.25) is 0 Å². The Morgan fingerprint density at radius 3 is 2.61 bits per heavy atom. The van der Waals surface area contributed by atoms with Gasteiger partial charge in [-0.3, -0.25) is 0 Å². The molecule has 1 atom stereocenters. The lowest BCUT2D eigenvalue weighted by molar-refractivity contribution is 0.293. The molecule has 0 amide bonds. The standard InChI is InChI=1S/C14H18N2O2/c1-2-13(11-3-5-12(18)6-4-11)16-9-8-15-14(16)7-10-17/h3-6,8-9,13,17-18H,2,7,10H2,1H3. The number of rotatable bonds is 5. The van der Waals surface area contributed by atoms with Crippen molar-refractivity contribution < 1.29 is 10.2 Å². The van der Waals surface area contributed by atoms with E-state index in [0.717, 1.165) is 17.8 Å². The highest BCUT2D eigenvalue weighted by atomic mass is 16.3. The maximum absolute atomic E-state index is 9.33. The van der Waals surface area contributed by atoms with Gasteiger partial charge >= 0.3 is 0 Å². The molecule has 18 heavy (non-hydrogen) atoms. The van der Waals surface area contributed by atoms with Crippen molar-refractivity contribution in [1.29, 1.82) is 0 Å². The quantitative estimate of drug-likeness (QED) is 0.849. The van der Waals surface area contributed by atoms with Gasteiger partial charge in [-0.15, -0.1) is 0 Å². The number of phenols is 1. The molecule has 2 aromatic rings. The SMILES string of the molecule is CCC(c1ccc(O)cc1)n1ccnc1CCO. The first-order chi connectivity index (χ1) is 8.76. The van der Waals surface area contributed by atoms with Crippen LogP contribution in [0.3, 0.4) is 0 Å². The van der Waals surface area contributed by atoms with Gasteiger partial charge in [0.25, 0.3) is 0 Å². The van der Waals surface area contributed by atoms with Gasteiger partial charge in [0.1, 0.15) is 11.6 Å². The lowest BCUT2D eigenvalue weighted by Gasteiger charge is -2.19. The Balaban J connectivity index is 2.32. The molecule has 2 N–H and O–H groups in total. The molecule has 0 fully saturated rings. The fourth-order valence-corrected chi connectivity index (χ4v) is 2.21. The largest absolute Gasteiger partial charge is 0.508 e. The van der Waals surface area contributed by atoms with Crippen LogP contribution in [0.1, 0.15) is 30.8 Å². The molecule has 0 aliphatic heterocycles. The third-order valence-electron chi connectivity index (χ3n) is 3.08. The molecule has 0 spiro atoms. The third-order valence-corrected chi connectivity index (χ3v) is 3.08. The van der Waals surface area contributed by atoms with Crippen LogP contribution in [-0.4, -0.2) is 26.4 Å². The Kier molecular flexibility index (Phi) is 3.99. The fourth-order valence-electron chi connectivity index (χ4n) is 2.21. The minimum Gasteiger partial charge on any atom is -0.508 e. The third kappa shape index (κ3) is 2.54. The van der Waals surface area contributed by atoms with Gasteiger partial charge < -0.3 is 14.8 Å². The predicted octanol–water partition coefficient (Wildman–Crippen LogP) is 2.12. The van der Waals surface area contributed by atoms with Gasteiger partial charge in [0, 0.05) is 18.8 Å². The molecule has 1 unspecified atom stereocenters. The number of aliphatic hydroxyl groups excluding tert-OH is 1. The summed E-state index contributed by atoms with van der Waals surface area (Å²) in [6, 6.07) is 7.43. The lowest BCUT2D eigenvalue weighted by Crippen LogP contribution is -2.13. The molecular formula is C14H18N2O2. The van der Waals surface area contributed by atoms with Crippen LogP contribution in [0.15, 0.2) is 36.7 Å². The lowest BCUT2D eigenvalue weighted by atomic mass is 10.0. The Hall–Kier alpha value is -1.81. The van der Waals surface area contributed by atoms with Crippen LogP contribution in [-0.2, 0) is 6.42 Å². The molecule has 0 aliphatic carbocycles. The van der Waals surface area contributed by atoms with Gasteiger partial charge in [-0.2, -0.15) is 0 Å². The average molecular weight is 246 g/mol. The second-order valence-electron chi connectivity index (χ2n) is 4.24. The first kappa shape index (κ1) is 12.6. The van der Waals surface area contributed by atoms with Crippen LogP contribution >= 0.6 is 0 Å². The second-order valence-corrected chi connectivity index (χ2v) is 4.24. The number of hydrogen-bond acceptors (Lipinski definition) is 3. The van der Waals surface area contributed by atoms with Crippen molar-refractivity contribution in [3.63, 3.8) is 0 Å². The van der Waals surface area contributed by atoms with Crippen molar-refractivity contribution in [2.75, 3.05) is 6.61 Å². The molecule has 1 aromatic heterocycles. The van der Waals surface area contributed by atoms with Crippen molar-refractivity contribution in [2.24, 2.45) is 0 Å². The van der Waals surface area contributed by atoms with Crippen LogP contribution in [0.4, 0.5) is 0 Å². The van der Waals surface area contributed by atoms with Gasteiger partial charge in [-0.25, -0.2) is 4.98 Å². The van der Waals surface area contributed by atoms with E-state index in [0.29, 0.717) is 6.42 Å². The van der Waals surface area contributed by atoms with Crippen LogP contribution in [0.25, 0.3) is 0 Å². The summed E-state index contributed by atoms with van der Waals surface area (Å²) in [5.74, 6) is 1.16. The highest BCUT2D eigenvalue weighted by Crippen LogP contribution is 2.25. The van der Waals surface area contributed by atoms with E-state index in [1.54, 1.807) is 18.3 Å². The Labute approximate surface area is 107 Å². The summed E-state index contributed by atoms with van der Waals surface area (Å²) < 4.78 is 2.09. The fraction of sp³-hybridized carbons (Fsp3) is 0.357. The molecule has 4 nitrogen and oxygen atoms in total. The van der Waals surface area contributed by atoms with E-state index in [-0.39, 0.29) is 18.4 Å². The van der Waals surface area contributed by atoms with Crippen molar-refractivity contribution in [3.05, 3.63) is 48.0 Å². The monoisotopic (exact) mass is 246 g/mol. The van der Waals surface area contributed by atoms with Crippen molar-refractivity contribution in [3.8, 4) is 5.75 Å². The molecule has 0 bridgehead atoms. The highest BCUT2D eigenvalue weighted by Gasteiger charge is 2.14. The van der Waals surface area contributed by atoms with Gasteiger partial charge in [0.2, 0.25) is 0 Å². The zero-order valence-electron chi connectivity index (χ0n) is 10.5. The van der Waals surface area contributed by atoms with E-state index in [1.807, 2.05) is 18.3 Å². The van der Waals surface area contributed by atoms with Gasteiger partial charge in [0.05, 0.1) is 12.6 Å². The first-order valence-corrected chi connectivity index (χ1v) is 6.17. The zero-order valence-corrected chi connectivity index (χ0v) is 10.5. The van der Waals surface area contributed by atoms with Crippen molar-refractivity contribution in [2.45, 2.75) is 25.8 Å². The molecule has 0 radical (unpaired) electrons. The number of benzene rings is 1. The molecular weight excluding hydrogens is 228 g/mol. The molecule has 0 aliphatic rings. The van der Waals surface area contributed by atoms with Crippen LogP contribution < -0.4 is 0 Å². The Morgan fingerprint density at radius 2 is 2.00 bits per heavy atom. The van der Waals surface area contributed by atoms with E-state index in [9.17, 15) is 5.11 Å². The number of phenolic OH excluding ortho intramolecular Hbond substituents is 1. The summed E-state index contributed by atoms with van der Waals surface area (Å²) in [6.07, 6.45) is 5.18. The topological polar surface area (TPSA) is 58.3 Å². The first-order valence-electron chi connectivity index (χ1n) is 6.17. The summed E-state index contributed by atoms with van der Waals surface area (Å²) in [4.78, 5) is 4.27. The number of hydrogen-bond donors (Lipinski definition) is 2. The molecule has 1 aromatic carbocycles. The van der Waals surface area contributed by atoms with E-state index in [1.165, 1.54) is 0 Å². The molecule has 4 heteroatoms. The van der Waals surface area contributed by atoms with Crippen molar-refractivity contribution >= 4 is 0 Å². The van der Waals surface area contributed by atoms with Crippen LogP contribution in [0.5, 0.6) is 5.75 Å². The van der Waals surface area contributed by atoms with Gasteiger partial charge in [-0.1, -0.05) is 19.1 Å². The summed E-state index contributed by atoms with van der Waals surface area (Å²) in [6.45, 7) is 2.21. The summed E-state index contributed by atoms with van der Waals surface area (Å²) in [7, 11) is 0. The Morgan fingerprint density at radius 1 is 1.28 bits per heavy atom. The minimum atomic E-state index is 0.100. The normalized spacial score (nSPS) is 12.6. The summed E-state index contributed by atoms with van der Waals surface area (Å²) in [5.41, 5.74) is 1.13. The summed E-state index contributed by atoms with van der Waals surface area (Å²) >= 11 is 0. The van der Waals surface area contributed by atoms with Crippen LogP contribution in [0, 0.1) is 0 Å². The van der Waals surface area contributed by atoms with Crippen molar-refractivity contribution in [1.82, 2.24) is 9.55 Å². The number of imidazole rings is 1. The number of aromatic nitrogens is 2. The Bertz CT molecular complexity index is 491. The van der Waals surface area contributed by atoms with E-state index < -0.39 is 0 Å². The maximum atomic E-state index is 9.33. The molecule has 2 rings (SSSR count). The molecule has 0 saturated carbocycles.